The van der Waals surface area contributed by atoms with Gasteiger partial charge in [-0.25, -0.2) is 4.98 Å². The van der Waals surface area contributed by atoms with E-state index in [1.165, 1.54) is 11.1 Å². The van der Waals surface area contributed by atoms with Crippen LogP contribution in [0, 0.1) is 0 Å². The van der Waals surface area contributed by atoms with Crippen molar-refractivity contribution in [1.82, 2.24) is 20.2 Å². The van der Waals surface area contributed by atoms with Gasteiger partial charge in [0.2, 0.25) is 5.91 Å². The van der Waals surface area contributed by atoms with Crippen LogP contribution in [-0.4, -0.2) is 53.5 Å². The van der Waals surface area contributed by atoms with Crippen molar-refractivity contribution >= 4 is 11.7 Å². The zero-order valence-electron chi connectivity index (χ0n) is 14.7. The minimum absolute atomic E-state index is 0.0252. The van der Waals surface area contributed by atoms with Crippen LogP contribution in [0.15, 0.2) is 42.9 Å². The van der Waals surface area contributed by atoms with E-state index in [2.05, 4.69) is 49.4 Å². The summed E-state index contributed by atoms with van der Waals surface area (Å²) >= 11 is 0. The Morgan fingerprint density at radius 3 is 2.44 bits per heavy atom. The fourth-order valence-corrected chi connectivity index (χ4v) is 3.04. The molecular weight excluding hydrogens is 314 g/mol. The van der Waals surface area contributed by atoms with Gasteiger partial charge < -0.3 is 10.2 Å². The number of hydrogen-bond acceptors (Lipinski definition) is 5. The van der Waals surface area contributed by atoms with Gasteiger partial charge in [0.05, 0.1) is 6.20 Å². The zero-order chi connectivity index (χ0) is 17.5. The summed E-state index contributed by atoms with van der Waals surface area (Å²) in [6.45, 7) is 7.23. The van der Waals surface area contributed by atoms with E-state index in [1.807, 2.05) is 6.20 Å². The van der Waals surface area contributed by atoms with E-state index in [0.717, 1.165) is 45.0 Å². The highest BCUT2D eigenvalue weighted by Crippen LogP contribution is 2.14. The molecule has 0 bridgehead atoms. The van der Waals surface area contributed by atoms with Crippen LogP contribution in [0.2, 0.25) is 0 Å². The second-order valence-electron chi connectivity index (χ2n) is 6.38. The maximum Gasteiger partial charge on any atom is 0.216 e. The summed E-state index contributed by atoms with van der Waals surface area (Å²) in [5, 5.41) is 2.83. The molecule has 1 aliphatic heterocycles. The van der Waals surface area contributed by atoms with E-state index in [0.29, 0.717) is 6.54 Å². The average molecular weight is 339 g/mol. The quantitative estimate of drug-likeness (QED) is 0.864. The molecule has 3 rings (SSSR count). The number of rotatable bonds is 6. The van der Waals surface area contributed by atoms with Gasteiger partial charge in [0.15, 0.2) is 0 Å². The van der Waals surface area contributed by atoms with Crippen LogP contribution < -0.4 is 10.2 Å². The van der Waals surface area contributed by atoms with Crippen LogP contribution >= 0.6 is 0 Å². The highest BCUT2D eigenvalue weighted by Gasteiger charge is 2.18. The Hall–Kier alpha value is -2.47. The van der Waals surface area contributed by atoms with Gasteiger partial charge in [0, 0.05) is 58.6 Å². The first-order valence-electron chi connectivity index (χ1n) is 8.76. The monoisotopic (exact) mass is 339 g/mol. The van der Waals surface area contributed by atoms with E-state index < -0.39 is 0 Å². The summed E-state index contributed by atoms with van der Waals surface area (Å²) in [4.78, 5) is 24.2. The molecule has 0 radical (unpaired) electrons. The summed E-state index contributed by atoms with van der Waals surface area (Å²) in [7, 11) is 0. The molecule has 0 aliphatic carbocycles. The van der Waals surface area contributed by atoms with Crippen molar-refractivity contribution in [3.63, 3.8) is 0 Å². The van der Waals surface area contributed by atoms with Gasteiger partial charge in [-0.1, -0.05) is 24.3 Å². The third kappa shape index (κ3) is 5.26. The van der Waals surface area contributed by atoms with Crippen LogP contribution in [0.25, 0.3) is 0 Å². The molecule has 1 aromatic carbocycles. The molecule has 1 aromatic heterocycles. The minimum Gasteiger partial charge on any atom is -0.356 e. The molecule has 0 atom stereocenters. The maximum atomic E-state index is 10.9. The van der Waals surface area contributed by atoms with Crippen LogP contribution in [0.4, 0.5) is 5.82 Å². The van der Waals surface area contributed by atoms with Crippen molar-refractivity contribution in [3.05, 3.63) is 54.0 Å². The Kier molecular flexibility index (Phi) is 5.95. The Balaban J connectivity index is 1.45. The summed E-state index contributed by atoms with van der Waals surface area (Å²) in [5.74, 6) is 0.989. The third-order valence-electron chi connectivity index (χ3n) is 4.46. The molecule has 1 N–H and O–H groups in total. The van der Waals surface area contributed by atoms with E-state index >= 15 is 0 Å². The molecule has 0 spiro atoms. The standard InChI is InChI=1S/C19H25N5O/c1-16(25)21-7-6-17-2-4-18(5-3-17)15-23-10-12-24(13-11-23)19-14-20-8-9-22-19/h2-5,8-9,14H,6-7,10-13,15H2,1H3,(H,21,25). The lowest BCUT2D eigenvalue weighted by Crippen LogP contribution is -2.46. The largest absolute Gasteiger partial charge is 0.356 e. The Labute approximate surface area is 148 Å². The van der Waals surface area contributed by atoms with Crippen LogP contribution in [0.3, 0.4) is 0 Å². The molecule has 1 aliphatic rings. The third-order valence-corrected chi connectivity index (χ3v) is 4.46. The van der Waals surface area contributed by atoms with Gasteiger partial charge >= 0.3 is 0 Å². The van der Waals surface area contributed by atoms with Crippen molar-refractivity contribution < 1.29 is 4.79 Å². The predicted molar refractivity (Wildman–Crippen MR) is 98.4 cm³/mol. The lowest BCUT2D eigenvalue weighted by molar-refractivity contribution is -0.118. The summed E-state index contributed by atoms with van der Waals surface area (Å²) < 4.78 is 0. The molecule has 6 heteroatoms. The molecular formula is C19H25N5O. The molecule has 132 valence electrons. The first kappa shape index (κ1) is 17.4. The van der Waals surface area contributed by atoms with Gasteiger partial charge in [0.25, 0.3) is 0 Å². The number of amides is 1. The van der Waals surface area contributed by atoms with Crippen molar-refractivity contribution in [2.24, 2.45) is 0 Å². The number of nitrogens with one attached hydrogen (secondary N) is 1. The number of nitrogens with zero attached hydrogens (tertiary/aromatic N) is 4. The van der Waals surface area contributed by atoms with E-state index in [9.17, 15) is 4.79 Å². The first-order valence-corrected chi connectivity index (χ1v) is 8.76. The number of carbonyl (C=O) groups is 1. The number of piperazine rings is 1. The molecule has 25 heavy (non-hydrogen) atoms. The SMILES string of the molecule is CC(=O)NCCc1ccc(CN2CCN(c3cnccn3)CC2)cc1. The maximum absolute atomic E-state index is 10.9. The van der Waals surface area contributed by atoms with Gasteiger partial charge in [-0.2, -0.15) is 0 Å². The Morgan fingerprint density at radius 2 is 1.80 bits per heavy atom. The van der Waals surface area contributed by atoms with Gasteiger partial charge in [0.1, 0.15) is 5.82 Å². The predicted octanol–water partition coefficient (Wildman–Crippen LogP) is 1.48. The van der Waals surface area contributed by atoms with Gasteiger partial charge in [-0.15, -0.1) is 0 Å². The smallest absolute Gasteiger partial charge is 0.216 e. The summed E-state index contributed by atoms with van der Waals surface area (Å²) in [6, 6.07) is 8.70. The normalized spacial score (nSPS) is 15.2. The molecule has 1 amide bonds. The summed E-state index contributed by atoms with van der Waals surface area (Å²) in [5.41, 5.74) is 2.58. The molecule has 2 heterocycles. The van der Waals surface area contributed by atoms with Gasteiger partial charge in [-0.3, -0.25) is 14.7 Å². The Bertz CT molecular complexity index is 666. The van der Waals surface area contributed by atoms with E-state index in [4.69, 9.17) is 0 Å². The van der Waals surface area contributed by atoms with Crippen LogP contribution in [0.5, 0.6) is 0 Å². The topological polar surface area (TPSA) is 61.4 Å². The number of hydrogen-bond donors (Lipinski definition) is 1. The number of benzene rings is 1. The number of anilines is 1. The average Bonchev–Trinajstić information content (AvgIpc) is 2.64. The minimum atomic E-state index is 0.0252. The molecule has 0 unspecified atom stereocenters. The summed E-state index contributed by atoms with van der Waals surface area (Å²) in [6.07, 6.45) is 6.15. The number of carbonyl (C=O) groups excluding carboxylic acids is 1. The molecule has 0 saturated carbocycles. The van der Waals surface area contributed by atoms with Crippen molar-refractivity contribution in [2.75, 3.05) is 37.6 Å². The molecule has 2 aromatic rings. The zero-order valence-corrected chi connectivity index (χ0v) is 14.7. The van der Waals surface area contributed by atoms with Crippen molar-refractivity contribution in [3.8, 4) is 0 Å². The second-order valence-corrected chi connectivity index (χ2v) is 6.38. The fraction of sp³-hybridized carbons (Fsp3) is 0.421. The van der Waals surface area contributed by atoms with E-state index in [-0.39, 0.29) is 5.91 Å². The lowest BCUT2D eigenvalue weighted by Gasteiger charge is -2.35. The number of aromatic nitrogens is 2. The second kappa shape index (κ2) is 8.58. The Morgan fingerprint density at radius 1 is 1.08 bits per heavy atom. The van der Waals surface area contributed by atoms with Crippen molar-refractivity contribution in [1.29, 1.82) is 0 Å². The fourth-order valence-electron chi connectivity index (χ4n) is 3.04. The molecule has 6 nitrogen and oxygen atoms in total. The molecule has 1 saturated heterocycles. The van der Waals surface area contributed by atoms with Crippen LogP contribution in [-0.2, 0) is 17.8 Å². The highest BCUT2D eigenvalue weighted by molar-refractivity contribution is 5.72. The lowest BCUT2D eigenvalue weighted by atomic mass is 10.1. The van der Waals surface area contributed by atoms with Crippen LogP contribution in [0.1, 0.15) is 18.1 Å². The van der Waals surface area contributed by atoms with Gasteiger partial charge in [-0.05, 0) is 17.5 Å². The van der Waals surface area contributed by atoms with E-state index in [1.54, 1.807) is 19.3 Å². The first-order chi connectivity index (χ1) is 12.2. The highest BCUT2D eigenvalue weighted by atomic mass is 16.1. The molecule has 1 fully saturated rings. The van der Waals surface area contributed by atoms with Crippen molar-refractivity contribution in [2.45, 2.75) is 19.9 Å².